The summed E-state index contributed by atoms with van der Waals surface area (Å²) in [7, 11) is 0. The van der Waals surface area contributed by atoms with E-state index in [9.17, 15) is 4.79 Å². The standard InChI is InChI=1S/C17H15NO2/c19-17-10-3-4-11-18(17)12-13-20-16-9-5-7-14-6-1-2-8-15(14)16/h1-11H,12-13H2. The lowest BCUT2D eigenvalue weighted by Crippen LogP contribution is -2.21. The molecule has 3 aromatic rings. The molecule has 0 spiro atoms. The van der Waals surface area contributed by atoms with E-state index >= 15 is 0 Å². The third-order valence-corrected chi connectivity index (χ3v) is 3.24. The summed E-state index contributed by atoms with van der Waals surface area (Å²) in [5.41, 5.74) is -0.00554. The maximum Gasteiger partial charge on any atom is 0.250 e. The Morgan fingerprint density at radius 1 is 0.900 bits per heavy atom. The summed E-state index contributed by atoms with van der Waals surface area (Å²) < 4.78 is 7.46. The minimum Gasteiger partial charge on any atom is -0.491 e. The molecule has 0 aliphatic rings. The van der Waals surface area contributed by atoms with Gasteiger partial charge in [0.1, 0.15) is 12.4 Å². The molecule has 0 radical (unpaired) electrons. The van der Waals surface area contributed by atoms with Gasteiger partial charge in [0.2, 0.25) is 0 Å². The molecule has 100 valence electrons. The average Bonchev–Trinajstić information content (AvgIpc) is 2.49. The second-order valence-electron chi connectivity index (χ2n) is 4.56. The highest BCUT2D eigenvalue weighted by molar-refractivity contribution is 5.88. The molecule has 0 fully saturated rings. The molecule has 0 N–H and O–H groups in total. The van der Waals surface area contributed by atoms with E-state index in [2.05, 4.69) is 12.1 Å². The average molecular weight is 265 g/mol. The van der Waals surface area contributed by atoms with Crippen LogP contribution in [0.4, 0.5) is 0 Å². The summed E-state index contributed by atoms with van der Waals surface area (Å²) in [6.07, 6.45) is 1.77. The van der Waals surface area contributed by atoms with Gasteiger partial charge in [0.15, 0.2) is 0 Å². The predicted molar refractivity (Wildman–Crippen MR) is 80.1 cm³/mol. The van der Waals surface area contributed by atoms with Crippen molar-refractivity contribution in [2.75, 3.05) is 6.61 Å². The minimum absolute atomic E-state index is 0.00554. The molecule has 0 unspecified atom stereocenters. The van der Waals surface area contributed by atoms with Crippen molar-refractivity contribution in [3.8, 4) is 5.75 Å². The van der Waals surface area contributed by atoms with Crippen molar-refractivity contribution in [3.05, 3.63) is 77.2 Å². The lowest BCUT2D eigenvalue weighted by atomic mass is 10.1. The van der Waals surface area contributed by atoms with Gasteiger partial charge in [-0.1, -0.05) is 42.5 Å². The first-order chi connectivity index (χ1) is 9.84. The smallest absolute Gasteiger partial charge is 0.250 e. The van der Waals surface area contributed by atoms with Gasteiger partial charge >= 0.3 is 0 Å². The second-order valence-corrected chi connectivity index (χ2v) is 4.56. The van der Waals surface area contributed by atoms with E-state index in [4.69, 9.17) is 4.74 Å². The van der Waals surface area contributed by atoms with Crippen molar-refractivity contribution >= 4 is 10.8 Å². The Labute approximate surface area is 117 Å². The van der Waals surface area contributed by atoms with Gasteiger partial charge in [-0.05, 0) is 17.5 Å². The summed E-state index contributed by atoms with van der Waals surface area (Å²) in [5, 5.41) is 2.25. The molecule has 0 atom stereocenters. The summed E-state index contributed by atoms with van der Waals surface area (Å²) in [4.78, 5) is 11.6. The zero-order chi connectivity index (χ0) is 13.8. The number of rotatable bonds is 4. The van der Waals surface area contributed by atoms with Gasteiger partial charge in [-0.15, -0.1) is 0 Å². The van der Waals surface area contributed by atoms with Crippen LogP contribution in [0.5, 0.6) is 5.75 Å². The van der Waals surface area contributed by atoms with Crippen LogP contribution < -0.4 is 10.3 Å². The van der Waals surface area contributed by atoms with Gasteiger partial charge in [0, 0.05) is 17.6 Å². The maximum absolute atomic E-state index is 11.6. The van der Waals surface area contributed by atoms with Crippen molar-refractivity contribution in [3.63, 3.8) is 0 Å². The van der Waals surface area contributed by atoms with E-state index in [-0.39, 0.29) is 5.56 Å². The summed E-state index contributed by atoms with van der Waals surface area (Å²) >= 11 is 0. The van der Waals surface area contributed by atoms with Crippen LogP contribution in [0.25, 0.3) is 10.8 Å². The molecule has 0 amide bonds. The van der Waals surface area contributed by atoms with Gasteiger partial charge in [0.25, 0.3) is 5.56 Å². The molecule has 20 heavy (non-hydrogen) atoms. The Morgan fingerprint density at radius 2 is 1.70 bits per heavy atom. The number of aromatic nitrogens is 1. The zero-order valence-electron chi connectivity index (χ0n) is 11.0. The predicted octanol–water partition coefficient (Wildman–Crippen LogP) is 3.08. The molecular weight excluding hydrogens is 250 g/mol. The van der Waals surface area contributed by atoms with E-state index in [0.29, 0.717) is 13.2 Å². The molecule has 1 heterocycles. The molecule has 3 heteroatoms. The number of pyridine rings is 1. The number of hydrogen-bond donors (Lipinski definition) is 0. The molecule has 0 aliphatic carbocycles. The molecule has 0 aliphatic heterocycles. The van der Waals surface area contributed by atoms with Crippen LogP contribution >= 0.6 is 0 Å². The first kappa shape index (κ1) is 12.5. The largest absolute Gasteiger partial charge is 0.491 e. The fourth-order valence-corrected chi connectivity index (χ4v) is 2.22. The zero-order valence-corrected chi connectivity index (χ0v) is 11.0. The van der Waals surface area contributed by atoms with Crippen LogP contribution in [0.2, 0.25) is 0 Å². The van der Waals surface area contributed by atoms with Crippen molar-refractivity contribution in [2.45, 2.75) is 6.54 Å². The van der Waals surface area contributed by atoms with E-state index in [1.165, 1.54) is 0 Å². The van der Waals surface area contributed by atoms with Crippen molar-refractivity contribution in [2.24, 2.45) is 0 Å². The number of fused-ring (bicyclic) bond motifs is 1. The topological polar surface area (TPSA) is 31.2 Å². The lowest BCUT2D eigenvalue weighted by Gasteiger charge is -2.10. The Balaban J connectivity index is 1.75. The molecule has 2 aromatic carbocycles. The monoisotopic (exact) mass is 265 g/mol. The fraction of sp³-hybridized carbons (Fsp3) is 0.118. The third kappa shape index (κ3) is 2.57. The lowest BCUT2D eigenvalue weighted by molar-refractivity contribution is 0.299. The molecule has 0 saturated heterocycles. The van der Waals surface area contributed by atoms with Gasteiger partial charge in [0.05, 0.1) is 6.54 Å². The summed E-state index contributed by atoms with van der Waals surface area (Å²) in [5.74, 6) is 0.854. The number of ether oxygens (including phenoxy) is 1. The van der Waals surface area contributed by atoms with Crippen LogP contribution in [0.1, 0.15) is 0 Å². The highest BCUT2D eigenvalue weighted by atomic mass is 16.5. The molecule has 0 saturated carbocycles. The fourth-order valence-electron chi connectivity index (χ4n) is 2.22. The van der Waals surface area contributed by atoms with Crippen molar-refractivity contribution < 1.29 is 4.74 Å². The third-order valence-electron chi connectivity index (χ3n) is 3.24. The molecule has 0 bridgehead atoms. The molecular formula is C17H15NO2. The number of hydrogen-bond acceptors (Lipinski definition) is 2. The van der Waals surface area contributed by atoms with Gasteiger partial charge in [-0.25, -0.2) is 0 Å². The van der Waals surface area contributed by atoms with Gasteiger partial charge in [-0.2, -0.15) is 0 Å². The van der Waals surface area contributed by atoms with Crippen molar-refractivity contribution in [1.29, 1.82) is 0 Å². The molecule has 3 rings (SSSR count). The van der Waals surface area contributed by atoms with Crippen LogP contribution in [0.3, 0.4) is 0 Å². The molecule has 3 nitrogen and oxygen atoms in total. The van der Waals surface area contributed by atoms with E-state index in [1.807, 2.05) is 36.4 Å². The number of nitrogens with zero attached hydrogens (tertiary/aromatic N) is 1. The normalized spacial score (nSPS) is 10.6. The number of benzene rings is 2. The summed E-state index contributed by atoms with van der Waals surface area (Å²) in [6, 6.07) is 19.2. The Morgan fingerprint density at radius 3 is 2.60 bits per heavy atom. The maximum atomic E-state index is 11.6. The summed E-state index contributed by atoms with van der Waals surface area (Å²) in [6.45, 7) is 1.01. The van der Waals surface area contributed by atoms with Crippen LogP contribution in [0.15, 0.2) is 71.7 Å². The van der Waals surface area contributed by atoms with E-state index in [1.54, 1.807) is 22.9 Å². The molecule has 1 aromatic heterocycles. The van der Waals surface area contributed by atoms with Crippen molar-refractivity contribution in [1.82, 2.24) is 4.57 Å². The minimum atomic E-state index is -0.00554. The highest BCUT2D eigenvalue weighted by Gasteiger charge is 2.01. The van der Waals surface area contributed by atoms with Gasteiger partial charge < -0.3 is 9.30 Å². The van der Waals surface area contributed by atoms with Gasteiger partial charge in [-0.3, -0.25) is 4.79 Å². The first-order valence-corrected chi connectivity index (χ1v) is 6.60. The van der Waals surface area contributed by atoms with E-state index < -0.39 is 0 Å². The second kappa shape index (κ2) is 5.61. The van der Waals surface area contributed by atoms with E-state index in [0.717, 1.165) is 16.5 Å². The first-order valence-electron chi connectivity index (χ1n) is 6.60. The Kier molecular flexibility index (Phi) is 3.50. The quantitative estimate of drug-likeness (QED) is 0.726. The van der Waals surface area contributed by atoms with Crippen LogP contribution in [0, 0.1) is 0 Å². The van der Waals surface area contributed by atoms with Crippen LogP contribution in [-0.4, -0.2) is 11.2 Å². The Bertz CT molecular complexity index is 772. The SMILES string of the molecule is O=c1ccccn1CCOc1cccc2ccccc12. The highest BCUT2D eigenvalue weighted by Crippen LogP contribution is 2.24. The van der Waals surface area contributed by atoms with Crippen LogP contribution in [-0.2, 0) is 6.54 Å². The Hall–Kier alpha value is -2.55.